The van der Waals surface area contributed by atoms with Crippen LogP contribution < -0.4 is 0 Å². The van der Waals surface area contributed by atoms with Crippen LogP contribution in [0.4, 0.5) is 4.39 Å². The minimum Gasteiger partial charge on any atom is -0.335 e. The van der Waals surface area contributed by atoms with E-state index in [1.807, 2.05) is 0 Å². The van der Waals surface area contributed by atoms with Gasteiger partial charge in [0.05, 0.1) is 0 Å². The first-order chi connectivity index (χ1) is 2.41. The van der Waals surface area contributed by atoms with Crippen molar-refractivity contribution in [3.8, 4) is 0 Å². The van der Waals surface area contributed by atoms with Crippen LogP contribution in [0.15, 0.2) is 0 Å². The van der Waals surface area contributed by atoms with Crippen molar-refractivity contribution >= 4 is 11.6 Å². The zero-order valence-electron chi connectivity index (χ0n) is 2.58. The zero-order valence-corrected chi connectivity index (χ0v) is 3.33. The van der Waals surface area contributed by atoms with E-state index in [0.717, 1.165) is 0 Å². The molecule has 0 saturated carbocycles. The van der Waals surface area contributed by atoms with Gasteiger partial charge in [0.15, 0.2) is 6.86 Å². The number of alkyl halides is 2. The van der Waals surface area contributed by atoms with E-state index < -0.39 is 6.86 Å². The minimum atomic E-state index is -0.788. The van der Waals surface area contributed by atoms with Gasteiger partial charge in [0.1, 0.15) is 6.07 Å². The third kappa shape index (κ3) is 4.18. The smallest absolute Gasteiger partial charge is 0.189 e. The lowest BCUT2D eigenvalue weighted by molar-refractivity contribution is 0.0898. The summed E-state index contributed by atoms with van der Waals surface area (Å²) in [6.45, 7) is -0.788. The Morgan fingerprint density at radius 3 is 2.40 bits per heavy atom. The summed E-state index contributed by atoms with van der Waals surface area (Å²) >= 11 is 4.84. The van der Waals surface area contributed by atoms with Crippen LogP contribution in [0.3, 0.4) is 0 Å². The van der Waals surface area contributed by atoms with Crippen LogP contribution >= 0.6 is 11.6 Å². The summed E-state index contributed by atoms with van der Waals surface area (Å²) in [6, 6.07) is -0.0590. The Bertz CT molecular complexity index is 17.1. The van der Waals surface area contributed by atoms with E-state index in [2.05, 4.69) is 4.74 Å². The summed E-state index contributed by atoms with van der Waals surface area (Å²) in [6.07, 6.45) is 0. The predicted molar refractivity (Wildman–Crippen MR) is 17.8 cm³/mol. The molecular formula is C2H4ClFO. The van der Waals surface area contributed by atoms with Gasteiger partial charge in [-0.05, 0) is 0 Å². The lowest BCUT2D eigenvalue weighted by atomic mass is 11.5. The van der Waals surface area contributed by atoms with Crippen molar-refractivity contribution in [2.24, 2.45) is 0 Å². The molecule has 32 valence electrons. The van der Waals surface area contributed by atoms with Crippen molar-refractivity contribution < 1.29 is 9.13 Å². The van der Waals surface area contributed by atoms with Crippen LogP contribution in [0.25, 0.3) is 0 Å². The molecule has 0 heterocycles. The van der Waals surface area contributed by atoms with E-state index >= 15 is 0 Å². The highest BCUT2D eigenvalue weighted by molar-refractivity contribution is 6.17. The Hall–Kier alpha value is 0.180. The maximum atomic E-state index is 10.7. The molecule has 0 fully saturated rings. The number of halogens is 2. The Balaban J connectivity index is 2.19. The maximum absolute atomic E-state index is 10.7. The molecule has 0 radical (unpaired) electrons. The molecule has 0 aromatic rings. The second-order valence-corrected chi connectivity index (χ2v) is 0.641. The second kappa shape index (κ2) is 4.18. The van der Waals surface area contributed by atoms with Crippen molar-refractivity contribution in [3.05, 3.63) is 0 Å². The molecule has 0 aromatic heterocycles. The summed E-state index contributed by atoms with van der Waals surface area (Å²) < 4.78 is 14.6. The molecule has 0 rings (SSSR count). The molecule has 1 nitrogen and oxygen atoms in total. The van der Waals surface area contributed by atoms with Crippen LogP contribution in [-0.2, 0) is 4.74 Å². The second-order valence-electron chi connectivity index (χ2n) is 0.422. The lowest BCUT2D eigenvalue weighted by Crippen LogP contribution is -1.79. The molecule has 0 N–H and O–H groups in total. The van der Waals surface area contributed by atoms with Gasteiger partial charge in [0.25, 0.3) is 0 Å². The highest BCUT2D eigenvalue weighted by Crippen LogP contribution is 1.75. The topological polar surface area (TPSA) is 9.23 Å². The molecule has 3 heteroatoms. The number of rotatable bonds is 2. The Morgan fingerprint density at radius 2 is 2.40 bits per heavy atom. The van der Waals surface area contributed by atoms with Gasteiger partial charge in [-0.2, -0.15) is 0 Å². The van der Waals surface area contributed by atoms with Crippen molar-refractivity contribution in [3.63, 3.8) is 0 Å². The molecule has 0 aromatic carbocycles. The summed E-state index contributed by atoms with van der Waals surface area (Å²) in [7, 11) is 0. The quantitative estimate of drug-likeness (QED) is 0.471. The van der Waals surface area contributed by atoms with Crippen LogP contribution in [0, 0.1) is 0 Å². The molecule has 0 aliphatic rings. The average Bonchev–Trinajstić information content (AvgIpc) is 1.41. The van der Waals surface area contributed by atoms with Gasteiger partial charge in [-0.3, -0.25) is 0 Å². The minimum absolute atomic E-state index is 0.0590. The molecule has 0 atom stereocenters. The first-order valence-electron chi connectivity index (χ1n) is 1.11. The normalized spacial score (nSPS) is 8.40. The fraction of sp³-hybridized carbons (Fsp3) is 1.00. The van der Waals surface area contributed by atoms with E-state index in [0.29, 0.717) is 0 Å². The molecule has 0 aliphatic heterocycles. The van der Waals surface area contributed by atoms with Gasteiger partial charge in [-0.25, -0.2) is 4.39 Å². The SMILES string of the molecule is FCOCCl. The highest BCUT2D eigenvalue weighted by Gasteiger charge is 1.69. The first kappa shape index (κ1) is 5.18. The Morgan fingerprint density at radius 1 is 1.80 bits per heavy atom. The molecule has 0 unspecified atom stereocenters. The van der Waals surface area contributed by atoms with Gasteiger partial charge in [-0.1, -0.05) is 11.6 Å². The third-order valence-electron chi connectivity index (χ3n) is 0.154. The van der Waals surface area contributed by atoms with Crippen molar-refractivity contribution in [2.75, 3.05) is 12.9 Å². The summed E-state index contributed by atoms with van der Waals surface area (Å²) in [5, 5.41) is 0. The summed E-state index contributed by atoms with van der Waals surface area (Å²) in [5.74, 6) is 0. The largest absolute Gasteiger partial charge is 0.335 e. The van der Waals surface area contributed by atoms with Gasteiger partial charge in [-0.15, -0.1) is 0 Å². The Kier molecular flexibility index (Phi) is 4.33. The van der Waals surface area contributed by atoms with E-state index in [4.69, 9.17) is 11.6 Å². The van der Waals surface area contributed by atoms with Gasteiger partial charge in [0.2, 0.25) is 0 Å². The highest BCUT2D eigenvalue weighted by atomic mass is 35.5. The van der Waals surface area contributed by atoms with E-state index in [1.54, 1.807) is 0 Å². The van der Waals surface area contributed by atoms with Crippen LogP contribution in [0.2, 0.25) is 0 Å². The fourth-order valence-electron chi connectivity index (χ4n) is 0.0292. The third-order valence-corrected chi connectivity index (χ3v) is 0.309. The van der Waals surface area contributed by atoms with E-state index in [9.17, 15) is 4.39 Å². The molecule has 5 heavy (non-hydrogen) atoms. The molecule has 0 amide bonds. The van der Waals surface area contributed by atoms with Crippen LogP contribution in [0.1, 0.15) is 0 Å². The van der Waals surface area contributed by atoms with Crippen LogP contribution in [-0.4, -0.2) is 12.9 Å². The van der Waals surface area contributed by atoms with E-state index in [-0.39, 0.29) is 6.07 Å². The van der Waals surface area contributed by atoms with Crippen molar-refractivity contribution in [1.29, 1.82) is 0 Å². The number of hydrogen-bond acceptors (Lipinski definition) is 1. The summed E-state index contributed by atoms with van der Waals surface area (Å²) in [4.78, 5) is 0. The molecular weight excluding hydrogens is 94.5 g/mol. The van der Waals surface area contributed by atoms with E-state index in [1.165, 1.54) is 0 Å². The molecule has 0 bridgehead atoms. The van der Waals surface area contributed by atoms with Gasteiger partial charge in [0, 0.05) is 0 Å². The number of hydrogen-bond donors (Lipinski definition) is 0. The summed E-state index contributed by atoms with van der Waals surface area (Å²) in [5.41, 5.74) is 0. The molecule has 0 saturated heterocycles. The Labute approximate surface area is 34.7 Å². The molecule has 0 spiro atoms. The van der Waals surface area contributed by atoms with Crippen LogP contribution in [0.5, 0.6) is 0 Å². The maximum Gasteiger partial charge on any atom is 0.189 e. The van der Waals surface area contributed by atoms with Gasteiger partial charge < -0.3 is 4.74 Å². The average molecular weight is 98.5 g/mol. The fourth-order valence-corrected chi connectivity index (χ4v) is 0.0875. The first-order valence-corrected chi connectivity index (χ1v) is 1.65. The van der Waals surface area contributed by atoms with Crippen molar-refractivity contribution in [1.82, 2.24) is 0 Å². The monoisotopic (exact) mass is 98.0 g/mol. The predicted octanol–water partition coefficient (Wildman–Crippen LogP) is 1.13. The number of ether oxygens (including phenoxy) is 1. The zero-order chi connectivity index (χ0) is 4.12. The van der Waals surface area contributed by atoms with Crippen molar-refractivity contribution in [2.45, 2.75) is 0 Å². The van der Waals surface area contributed by atoms with Gasteiger partial charge >= 0.3 is 0 Å². The lowest BCUT2D eigenvalue weighted by Gasteiger charge is -1.81. The molecule has 0 aliphatic carbocycles. The standard InChI is InChI=1S/C2H4ClFO/c3-1-5-2-4/h1-2H2.